The highest BCUT2D eigenvalue weighted by Crippen LogP contribution is 2.18. The van der Waals surface area contributed by atoms with Gasteiger partial charge >= 0.3 is 5.97 Å². The van der Waals surface area contributed by atoms with Gasteiger partial charge in [-0.15, -0.1) is 11.8 Å². The lowest BCUT2D eigenvalue weighted by atomic mass is 10.2. The van der Waals surface area contributed by atoms with E-state index in [0.717, 1.165) is 11.8 Å². The lowest BCUT2D eigenvalue weighted by Crippen LogP contribution is -2.42. The van der Waals surface area contributed by atoms with E-state index in [9.17, 15) is 18.0 Å². The molecule has 0 radical (unpaired) electrons. The number of nitrogens with zero attached hydrogens (tertiary/aromatic N) is 1. The molecule has 1 fully saturated rings. The van der Waals surface area contributed by atoms with Crippen LogP contribution in [-0.2, 0) is 19.4 Å². The lowest BCUT2D eigenvalue weighted by Gasteiger charge is -2.26. The van der Waals surface area contributed by atoms with Crippen molar-refractivity contribution in [1.29, 1.82) is 0 Å². The number of thioether (sulfide) groups is 1. The maximum Gasteiger partial charge on any atom is 0.321 e. The molecule has 3 N–H and O–H groups in total. The van der Waals surface area contributed by atoms with Gasteiger partial charge in [0.25, 0.3) is 0 Å². The zero-order chi connectivity index (χ0) is 15.3. The maximum absolute atomic E-state index is 12.0. The number of carbonyl (C=O) groups is 2. The van der Waals surface area contributed by atoms with Crippen molar-refractivity contribution in [2.24, 2.45) is 5.73 Å². The Morgan fingerprint density at radius 1 is 1.50 bits per heavy atom. The molecule has 0 saturated carbocycles. The molecule has 0 spiro atoms. The summed E-state index contributed by atoms with van der Waals surface area (Å²) in [4.78, 5) is 24.2. The third-order valence-electron chi connectivity index (χ3n) is 3.15. The number of amides is 1. The van der Waals surface area contributed by atoms with E-state index in [1.807, 2.05) is 0 Å². The zero-order valence-electron chi connectivity index (χ0n) is 11.3. The maximum atomic E-state index is 12.0. The van der Waals surface area contributed by atoms with Crippen molar-refractivity contribution in [3.63, 3.8) is 0 Å². The fourth-order valence-corrected chi connectivity index (χ4v) is 4.67. The van der Waals surface area contributed by atoms with E-state index in [-0.39, 0.29) is 35.0 Å². The Labute approximate surface area is 122 Å². The largest absolute Gasteiger partial charge is 0.480 e. The molecule has 0 aliphatic carbocycles. The second-order valence-corrected chi connectivity index (χ2v) is 7.96. The average Bonchev–Trinajstić information content (AvgIpc) is 2.70. The molecular formula is C11H20N2O5S2. The zero-order valence-corrected chi connectivity index (χ0v) is 13.0. The van der Waals surface area contributed by atoms with Crippen LogP contribution in [0.5, 0.6) is 0 Å². The van der Waals surface area contributed by atoms with Crippen molar-refractivity contribution in [2.75, 3.05) is 29.6 Å². The minimum atomic E-state index is -3.03. The first-order valence-electron chi connectivity index (χ1n) is 6.33. The van der Waals surface area contributed by atoms with Crippen molar-refractivity contribution in [2.45, 2.75) is 25.4 Å². The second-order valence-electron chi connectivity index (χ2n) is 4.70. The molecule has 0 aromatic heterocycles. The molecule has 116 valence electrons. The van der Waals surface area contributed by atoms with E-state index in [1.54, 1.807) is 11.8 Å². The summed E-state index contributed by atoms with van der Waals surface area (Å²) in [5.74, 6) is -0.853. The fourth-order valence-electron chi connectivity index (χ4n) is 2.09. The van der Waals surface area contributed by atoms with E-state index in [4.69, 9.17) is 10.8 Å². The van der Waals surface area contributed by atoms with Crippen molar-refractivity contribution in [3.8, 4) is 0 Å². The Morgan fingerprint density at radius 2 is 2.15 bits per heavy atom. The Bertz CT molecular complexity index is 465. The summed E-state index contributed by atoms with van der Waals surface area (Å²) in [7, 11) is -3.03. The highest BCUT2D eigenvalue weighted by Gasteiger charge is 2.33. The van der Waals surface area contributed by atoms with Crippen LogP contribution < -0.4 is 5.73 Å². The first-order chi connectivity index (χ1) is 9.26. The van der Waals surface area contributed by atoms with Crippen molar-refractivity contribution in [3.05, 3.63) is 0 Å². The molecule has 1 rings (SSSR count). The van der Waals surface area contributed by atoms with Crippen LogP contribution in [-0.4, -0.2) is 71.9 Å². The summed E-state index contributed by atoms with van der Waals surface area (Å²) in [6.45, 7) is 2.25. The van der Waals surface area contributed by atoms with E-state index >= 15 is 0 Å². The molecule has 0 aromatic carbocycles. The van der Waals surface area contributed by atoms with Crippen LogP contribution in [0.25, 0.3) is 0 Å². The summed E-state index contributed by atoms with van der Waals surface area (Å²) in [6, 6.07) is -1.25. The SMILES string of the molecule is CCN(C(=O)CSCC(N)C(=O)O)C1CCS(=O)(=O)C1. The van der Waals surface area contributed by atoms with Crippen molar-refractivity contribution >= 4 is 33.5 Å². The van der Waals surface area contributed by atoms with Gasteiger partial charge in [0.15, 0.2) is 9.84 Å². The second kappa shape index (κ2) is 7.28. The molecule has 1 amide bonds. The highest BCUT2D eigenvalue weighted by atomic mass is 32.2. The molecule has 1 aliphatic rings. The number of sulfone groups is 1. The molecule has 0 bridgehead atoms. The van der Waals surface area contributed by atoms with Gasteiger partial charge in [-0.25, -0.2) is 8.42 Å². The minimum absolute atomic E-state index is 0.0197. The van der Waals surface area contributed by atoms with Crippen molar-refractivity contribution < 1.29 is 23.1 Å². The van der Waals surface area contributed by atoms with Gasteiger partial charge in [-0.1, -0.05) is 0 Å². The Kier molecular flexibility index (Phi) is 6.28. The van der Waals surface area contributed by atoms with E-state index in [1.165, 1.54) is 0 Å². The van der Waals surface area contributed by atoms with Crippen LogP contribution in [0, 0.1) is 0 Å². The van der Waals surface area contributed by atoms with Crippen LogP contribution in [0.1, 0.15) is 13.3 Å². The summed E-state index contributed by atoms with van der Waals surface area (Å²) in [6.07, 6.45) is 0.473. The molecule has 1 aliphatic heterocycles. The summed E-state index contributed by atoms with van der Waals surface area (Å²) >= 11 is 1.15. The Balaban J connectivity index is 2.46. The Morgan fingerprint density at radius 3 is 2.60 bits per heavy atom. The van der Waals surface area contributed by atoms with Crippen LogP contribution in [0.4, 0.5) is 0 Å². The lowest BCUT2D eigenvalue weighted by molar-refractivity contribution is -0.138. The number of aliphatic carboxylic acids is 1. The third kappa shape index (κ3) is 4.95. The molecule has 0 aromatic rings. The van der Waals surface area contributed by atoms with E-state index in [2.05, 4.69) is 0 Å². The van der Waals surface area contributed by atoms with E-state index < -0.39 is 21.8 Å². The van der Waals surface area contributed by atoms with Gasteiger partial charge in [-0.05, 0) is 13.3 Å². The minimum Gasteiger partial charge on any atom is -0.480 e. The number of rotatable bonds is 7. The van der Waals surface area contributed by atoms with Gasteiger partial charge in [-0.3, -0.25) is 9.59 Å². The molecule has 7 nitrogen and oxygen atoms in total. The molecule has 20 heavy (non-hydrogen) atoms. The van der Waals surface area contributed by atoms with Gasteiger partial charge in [0.1, 0.15) is 6.04 Å². The number of carboxylic acids is 1. The van der Waals surface area contributed by atoms with Gasteiger partial charge < -0.3 is 15.7 Å². The van der Waals surface area contributed by atoms with Gasteiger partial charge in [-0.2, -0.15) is 0 Å². The summed E-state index contributed by atoms with van der Waals surface area (Å²) in [5, 5.41) is 8.63. The van der Waals surface area contributed by atoms with Gasteiger partial charge in [0.2, 0.25) is 5.91 Å². The molecule has 2 unspecified atom stereocenters. The summed E-state index contributed by atoms with van der Waals surface area (Å²) in [5.41, 5.74) is 5.34. The standard InChI is InChI=1S/C11H20N2O5S2/c1-2-13(8-3-4-20(17,18)7-8)10(14)6-19-5-9(12)11(15)16/h8-9H,2-7,12H2,1H3,(H,15,16). The molecule has 1 saturated heterocycles. The van der Waals surface area contributed by atoms with Gasteiger partial charge in [0.05, 0.1) is 17.3 Å². The van der Waals surface area contributed by atoms with Crippen LogP contribution >= 0.6 is 11.8 Å². The Hall–Kier alpha value is -0.800. The first kappa shape index (κ1) is 17.3. The van der Waals surface area contributed by atoms with E-state index in [0.29, 0.717) is 13.0 Å². The van der Waals surface area contributed by atoms with Crippen molar-refractivity contribution in [1.82, 2.24) is 4.90 Å². The van der Waals surface area contributed by atoms with Crippen LogP contribution in [0.15, 0.2) is 0 Å². The monoisotopic (exact) mass is 324 g/mol. The van der Waals surface area contributed by atoms with Crippen LogP contribution in [0.2, 0.25) is 0 Å². The number of carboxylic acid groups (broad SMARTS) is 1. The predicted octanol–water partition coefficient (Wildman–Crippen LogP) is -0.833. The molecule has 1 heterocycles. The highest BCUT2D eigenvalue weighted by molar-refractivity contribution is 8.00. The molecule has 2 atom stereocenters. The normalized spacial score (nSPS) is 22.4. The van der Waals surface area contributed by atoms with Gasteiger partial charge in [0, 0.05) is 18.3 Å². The quantitative estimate of drug-likeness (QED) is 0.627. The number of nitrogens with two attached hydrogens (primary N) is 1. The number of hydrogen-bond acceptors (Lipinski definition) is 6. The van der Waals surface area contributed by atoms with Crippen LogP contribution in [0.3, 0.4) is 0 Å². The number of carbonyl (C=O) groups excluding carboxylic acids is 1. The third-order valence-corrected chi connectivity index (χ3v) is 5.95. The first-order valence-corrected chi connectivity index (χ1v) is 9.30. The molecule has 9 heteroatoms. The number of hydrogen-bond donors (Lipinski definition) is 2. The topological polar surface area (TPSA) is 118 Å². The fraction of sp³-hybridized carbons (Fsp3) is 0.818. The predicted molar refractivity (Wildman–Crippen MR) is 77.4 cm³/mol. The smallest absolute Gasteiger partial charge is 0.321 e. The average molecular weight is 324 g/mol. The molecular weight excluding hydrogens is 304 g/mol. The summed E-state index contributed by atoms with van der Waals surface area (Å²) < 4.78 is 22.9.